The van der Waals surface area contributed by atoms with Crippen molar-refractivity contribution in [1.29, 1.82) is 0 Å². The number of Topliss-reactive ketones (excluding diaryl/α,β-unsaturated/α-hetero) is 1. The molecule has 0 radical (unpaired) electrons. The number of benzene rings is 2. The Morgan fingerprint density at radius 2 is 1.69 bits per heavy atom. The minimum absolute atomic E-state index is 0.00692. The SMILES string of the molecule is CC[NH+](CC)CCN(C(=O)c1ccc(C(C)=O)cc1)c1nc2ccc(C)cc2s1. The normalized spacial score (nSPS) is 11.2. The van der Waals surface area contributed by atoms with Crippen molar-refractivity contribution in [1.82, 2.24) is 4.98 Å². The van der Waals surface area contributed by atoms with E-state index < -0.39 is 0 Å². The van der Waals surface area contributed by atoms with Crippen LogP contribution in [0.1, 0.15) is 47.1 Å². The summed E-state index contributed by atoms with van der Waals surface area (Å²) in [6.07, 6.45) is 0. The van der Waals surface area contributed by atoms with Crippen LogP contribution in [0.25, 0.3) is 10.2 Å². The molecule has 0 spiro atoms. The zero-order chi connectivity index (χ0) is 21.0. The summed E-state index contributed by atoms with van der Waals surface area (Å²) in [4.78, 5) is 32.9. The number of amides is 1. The van der Waals surface area contributed by atoms with Crippen molar-refractivity contribution in [3.8, 4) is 0 Å². The van der Waals surface area contributed by atoms with E-state index in [2.05, 4.69) is 26.8 Å². The fourth-order valence-electron chi connectivity index (χ4n) is 3.30. The summed E-state index contributed by atoms with van der Waals surface area (Å²) in [5, 5.41) is 0.720. The van der Waals surface area contributed by atoms with Gasteiger partial charge in [0.2, 0.25) is 0 Å². The predicted octanol–water partition coefficient (Wildman–Crippen LogP) is 3.38. The third-order valence-corrected chi connectivity index (χ3v) is 6.28. The van der Waals surface area contributed by atoms with Gasteiger partial charge in [0.25, 0.3) is 5.91 Å². The second-order valence-corrected chi connectivity index (χ2v) is 8.27. The van der Waals surface area contributed by atoms with E-state index >= 15 is 0 Å². The maximum Gasteiger partial charge on any atom is 0.260 e. The van der Waals surface area contributed by atoms with E-state index in [9.17, 15) is 9.59 Å². The quantitative estimate of drug-likeness (QED) is 0.579. The van der Waals surface area contributed by atoms with Gasteiger partial charge in [-0.1, -0.05) is 29.5 Å². The average molecular weight is 411 g/mol. The molecule has 1 aromatic heterocycles. The van der Waals surface area contributed by atoms with Crippen LogP contribution >= 0.6 is 11.3 Å². The van der Waals surface area contributed by atoms with Gasteiger partial charge in [-0.25, -0.2) is 4.98 Å². The van der Waals surface area contributed by atoms with Gasteiger partial charge in [0, 0.05) is 11.1 Å². The van der Waals surface area contributed by atoms with Crippen LogP contribution in [0, 0.1) is 6.92 Å². The summed E-state index contributed by atoms with van der Waals surface area (Å²) < 4.78 is 1.08. The zero-order valence-electron chi connectivity index (χ0n) is 17.5. The third kappa shape index (κ3) is 4.89. The summed E-state index contributed by atoms with van der Waals surface area (Å²) in [5.74, 6) is -0.0880. The Balaban J connectivity index is 1.94. The van der Waals surface area contributed by atoms with Crippen molar-refractivity contribution in [3.63, 3.8) is 0 Å². The van der Waals surface area contributed by atoms with E-state index in [4.69, 9.17) is 4.98 Å². The molecule has 29 heavy (non-hydrogen) atoms. The number of carbonyl (C=O) groups excluding carboxylic acids is 2. The number of likely N-dealkylation sites (N-methyl/N-ethyl adjacent to an activating group) is 1. The van der Waals surface area contributed by atoms with Gasteiger partial charge in [0.15, 0.2) is 10.9 Å². The van der Waals surface area contributed by atoms with Crippen molar-refractivity contribution in [3.05, 3.63) is 59.2 Å². The minimum Gasteiger partial charge on any atom is -0.334 e. The smallest absolute Gasteiger partial charge is 0.260 e. The topological polar surface area (TPSA) is 54.7 Å². The van der Waals surface area contributed by atoms with E-state index in [1.807, 2.05) is 12.1 Å². The monoisotopic (exact) mass is 410 g/mol. The largest absolute Gasteiger partial charge is 0.334 e. The molecule has 0 saturated carbocycles. The number of hydrogen-bond donors (Lipinski definition) is 1. The second kappa shape index (κ2) is 9.29. The van der Waals surface area contributed by atoms with Crippen LogP contribution in [-0.4, -0.2) is 42.9 Å². The van der Waals surface area contributed by atoms with Gasteiger partial charge in [-0.05, 0) is 57.5 Å². The van der Waals surface area contributed by atoms with Gasteiger partial charge in [0.1, 0.15) is 0 Å². The van der Waals surface area contributed by atoms with Crippen LogP contribution in [0.4, 0.5) is 5.13 Å². The fourth-order valence-corrected chi connectivity index (χ4v) is 4.38. The van der Waals surface area contributed by atoms with E-state index in [0.29, 0.717) is 17.7 Å². The van der Waals surface area contributed by atoms with Crippen LogP contribution in [0.2, 0.25) is 0 Å². The molecular weight excluding hydrogens is 382 g/mol. The standard InChI is InChI=1S/C23H27N3O2S/c1-5-25(6-2)13-14-26(22(28)19-10-8-18(9-11-19)17(4)27)23-24-20-12-7-16(3)15-21(20)29-23/h7-12,15H,5-6,13-14H2,1-4H3/p+1. The first-order valence-electron chi connectivity index (χ1n) is 10.1. The first-order valence-corrected chi connectivity index (χ1v) is 10.9. The van der Waals surface area contributed by atoms with E-state index in [0.717, 1.165) is 35.0 Å². The molecular formula is C23H28N3O2S+. The lowest BCUT2D eigenvalue weighted by molar-refractivity contribution is -0.894. The number of carbonyl (C=O) groups is 2. The van der Waals surface area contributed by atoms with E-state index in [-0.39, 0.29) is 11.7 Å². The molecule has 0 aliphatic rings. The lowest BCUT2D eigenvalue weighted by atomic mass is 10.1. The molecule has 1 N–H and O–H groups in total. The van der Waals surface area contributed by atoms with Gasteiger partial charge in [-0.3, -0.25) is 14.5 Å². The van der Waals surface area contributed by atoms with Gasteiger partial charge < -0.3 is 4.90 Å². The molecule has 0 aliphatic heterocycles. The zero-order valence-corrected chi connectivity index (χ0v) is 18.3. The summed E-state index contributed by atoms with van der Waals surface area (Å²) in [6.45, 7) is 11.4. The lowest BCUT2D eigenvalue weighted by Gasteiger charge is -2.23. The van der Waals surface area contributed by atoms with Crippen molar-refractivity contribution in [2.24, 2.45) is 0 Å². The average Bonchev–Trinajstić information content (AvgIpc) is 3.13. The Morgan fingerprint density at radius 3 is 2.31 bits per heavy atom. The van der Waals surface area contributed by atoms with Crippen molar-refractivity contribution >= 4 is 38.4 Å². The van der Waals surface area contributed by atoms with E-state index in [1.54, 1.807) is 40.5 Å². The van der Waals surface area contributed by atoms with Gasteiger partial charge in [-0.2, -0.15) is 0 Å². The lowest BCUT2D eigenvalue weighted by Crippen LogP contribution is -3.12. The van der Waals surface area contributed by atoms with Crippen LogP contribution in [0.15, 0.2) is 42.5 Å². The number of hydrogen-bond acceptors (Lipinski definition) is 4. The second-order valence-electron chi connectivity index (χ2n) is 7.27. The predicted molar refractivity (Wildman–Crippen MR) is 119 cm³/mol. The summed E-state index contributed by atoms with van der Waals surface area (Å²) >= 11 is 1.55. The molecule has 1 heterocycles. The molecule has 152 valence electrons. The molecule has 0 saturated heterocycles. The van der Waals surface area contributed by atoms with Gasteiger partial charge >= 0.3 is 0 Å². The maximum absolute atomic E-state index is 13.4. The first-order chi connectivity index (χ1) is 13.9. The Hall–Kier alpha value is -2.57. The molecule has 1 amide bonds. The number of nitrogens with one attached hydrogen (secondary N) is 1. The highest BCUT2D eigenvalue weighted by Crippen LogP contribution is 2.30. The summed E-state index contributed by atoms with van der Waals surface area (Å²) in [6, 6.07) is 13.0. The molecule has 0 aliphatic carbocycles. The molecule has 3 aromatic rings. The third-order valence-electron chi connectivity index (χ3n) is 5.24. The molecule has 0 atom stereocenters. The number of aromatic nitrogens is 1. The Bertz CT molecular complexity index is 1010. The van der Waals surface area contributed by atoms with Crippen molar-refractivity contribution < 1.29 is 14.5 Å². The number of aryl methyl sites for hydroxylation is 1. The molecule has 0 bridgehead atoms. The molecule has 2 aromatic carbocycles. The number of rotatable bonds is 8. The minimum atomic E-state index is -0.0811. The molecule has 5 nitrogen and oxygen atoms in total. The number of quaternary nitrogens is 1. The van der Waals surface area contributed by atoms with Crippen molar-refractivity contribution in [2.45, 2.75) is 27.7 Å². The van der Waals surface area contributed by atoms with Gasteiger partial charge in [0.05, 0.1) is 36.4 Å². The number of anilines is 1. The first kappa shape index (κ1) is 21.1. The van der Waals surface area contributed by atoms with Gasteiger partial charge in [-0.15, -0.1) is 0 Å². The molecule has 0 unspecified atom stereocenters. The molecule has 3 rings (SSSR count). The number of thiazole rings is 1. The maximum atomic E-state index is 13.4. The van der Waals surface area contributed by atoms with E-state index in [1.165, 1.54) is 17.4 Å². The number of fused-ring (bicyclic) bond motifs is 1. The number of ketones is 1. The van der Waals surface area contributed by atoms with Crippen LogP contribution in [0.5, 0.6) is 0 Å². The molecule has 0 fully saturated rings. The van der Waals surface area contributed by atoms with Crippen molar-refractivity contribution in [2.75, 3.05) is 31.1 Å². The highest BCUT2D eigenvalue weighted by Gasteiger charge is 2.23. The number of nitrogens with zero attached hydrogens (tertiary/aromatic N) is 2. The highest BCUT2D eigenvalue weighted by molar-refractivity contribution is 7.22. The summed E-state index contributed by atoms with van der Waals surface area (Å²) in [5.41, 5.74) is 3.27. The van der Waals surface area contributed by atoms with Crippen LogP contribution in [-0.2, 0) is 0 Å². The highest BCUT2D eigenvalue weighted by atomic mass is 32.1. The van der Waals surface area contributed by atoms with Crippen LogP contribution in [0.3, 0.4) is 0 Å². The summed E-state index contributed by atoms with van der Waals surface area (Å²) in [7, 11) is 0. The Kier molecular flexibility index (Phi) is 6.77. The Labute approximate surface area is 176 Å². The molecule has 6 heteroatoms. The fraction of sp³-hybridized carbons (Fsp3) is 0.348. The Morgan fingerprint density at radius 1 is 1.03 bits per heavy atom. The van der Waals surface area contributed by atoms with Crippen LogP contribution < -0.4 is 9.80 Å².